The van der Waals surface area contributed by atoms with Crippen LogP contribution in [0.4, 0.5) is 0 Å². The van der Waals surface area contributed by atoms with Gasteiger partial charge in [-0.25, -0.2) is 0 Å². The summed E-state index contributed by atoms with van der Waals surface area (Å²) in [7, 11) is 0. The van der Waals surface area contributed by atoms with Crippen molar-refractivity contribution in [1.82, 2.24) is 10.4 Å². The van der Waals surface area contributed by atoms with Gasteiger partial charge in [-0.2, -0.15) is 0 Å². The molecule has 1 aliphatic heterocycles. The third-order valence-electron chi connectivity index (χ3n) is 3.19. The zero-order valence-corrected chi connectivity index (χ0v) is 9.60. The van der Waals surface area contributed by atoms with Gasteiger partial charge in [0.05, 0.1) is 12.7 Å². The lowest BCUT2D eigenvalue weighted by molar-refractivity contribution is 0.117. The number of nitrogens with two attached hydrogens (primary N) is 1. The lowest BCUT2D eigenvalue weighted by Crippen LogP contribution is -2.42. The monoisotopic (exact) mass is 221 g/mol. The lowest BCUT2D eigenvalue weighted by atomic mass is 9.92. The van der Waals surface area contributed by atoms with E-state index < -0.39 is 0 Å². The second kappa shape index (κ2) is 5.39. The molecular formula is C12H19N3O. The van der Waals surface area contributed by atoms with Crippen LogP contribution in [0.25, 0.3) is 0 Å². The standard InChI is InChI=1S/C12H19N3O/c1-9-5-11(8-16-9)12(15-13)6-10-3-2-4-14-7-10/h2-4,7,9,11-12,15H,5-6,8,13H2,1H3. The van der Waals surface area contributed by atoms with Gasteiger partial charge in [0.25, 0.3) is 0 Å². The number of nitrogens with zero attached hydrogens (tertiary/aromatic N) is 1. The van der Waals surface area contributed by atoms with Crippen LogP contribution >= 0.6 is 0 Å². The molecule has 4 nitrogen and oxygen atoms in total. The van der Waals surface area contributed by atoms with Gasteiger partial charge in [-0.15, -0.1) is 0 Å². The predicted molar refractivity (Wildman–Crippen MR) is 62.6 cm³/mol. The first-order chi connectivity index (χ1) is 7.79. The number of pyridine rings is 1. The maximum atomic E-state index is 5.62. The van der Waals surface area contributed by atoms with Crippen molar-refractivity contribution in [2.75, 3.05) is 6.61 Å². The number of rotatable bonds is 4. The molecule has 0 aromatic carbocycles. The van der Waals surface area contributed by atoms with Crippen LogP contribution in [-0.4, -0.2) is 23.7 Å². The van der Waals surface area contributed by atoms with E-state index in [1.165, 1.54) is 5.56 Å². The summed E-state index contributed by atoms with van der Waals surface area (Å²) in [5.74, 6) is 6.12. The molecule has 1 aromatic heterocycles. The summed E-state index contributed by atoms with van der Waals surface area (Å²) >= 11 is 0. The number of hydrazine groups is 1. The van der Waals surface area contributed by atoms with Gasteiger partial charge in [0.2, 0.25) is 0 Å². The van der Waals surface area contributed by atoms with Crippen molar-refractivity contribution in [1.29, 1.82) is 0 Å². The van der Waals surface area contributed by atoms with Crippen LogP contribution < -0.4 is 11.3 Å². The molecule has 4 heteroatoms. The Hall–Kier alpha value is -0.970. The smallest absolute Gasteiger partial charge is 0.0551 e. The van der Waals surface area contributed by atoms with Crippen LogP contribution in [0.15, 0.2) is 24.5 Å². The molecule has 1 aliphatic rings. The van der Waals surface area contributed by atoms with E-state index in [0.717, 1.165) is 19.4 Å². The van der Waals surface area contributed by atoms with E-state index in [1.807, 2.05) is 12.3 Å². The Bertz CT molecular complexity index is 317. The molecule has 1 aromatic rings. The summed E-state index contributed by atoms with van der Waals surface area (Å²) in [4.78, 5) is 4.11. The van der Waals surface area contributed by atoms with Crippen LogP contribution in [0.1, 0.15) is 18.9 Å². The molecular weight excluding hydrogens is 202 g/mol. The van der Waals surface area contributed by atoms with Crippen molar-refractivity contribution >= 4 is 0 Å². The summed E-state index contributed by atoms with van der Waals surface area (Å²) in [6, 6.07) is 4.31. The maximum Gasteiger partial charge on any atom is 0.0551 e. The molecule has 2 rings (SSSR count). The molecule has 0 bridgehead atoms. The fraction of sp³-hybridized carbons (Fsp3) is 0.583. The molecule has 88 valence electrons. The second-order valence-corrected chi connectivity index (χ2v) is 4.48. The Morgan fingerprint density at radius 3 is 3.12 bits per heavy atom. The average molecular weight is 221 g/mol. The van der Waals surface area contributed by atoms with Gasteiger partial charge in [-0.1, -0.05) is 6.07 Å². The van der Waals surface area contributed by atoms with Gasteiger partial charge in [-0.3, -0.25) is 16.3 Å². The van der Waals surface area contributed by atoms with Crippen LogP contribution in [0, 0.1) is 5.92 Å². The number of aromatic nitrogens is 1. The number of ether oxygens (including phenoxy) is 1. The van der Waals surface area contributed by atoms with E-state index in [1.54, 1.807) is 6.20 Å². The minimum absolute atomic E-state index is 0.272. The van der Waals surface area contributed by atoms with E-state index >= 15 is 0 Å². The zero-order valence-electron chi connectivity index (χ0n) is 9.60. The highest BCUT2D eigenvalue weighted by Gasteiger charge is 2.28. The van der Waals surface area contributed by atoms with Gasteiger partial charge in [-0.05, 0) is 31.4 Å². The summed E-state index contributed by atoms with van der Waals surface area (Å²) < 4.78 is 5.57. The third kappa shape index (κ3) is 2.78. The fourth-order valence-corrected chi connectivity index (χ4v) is 2.27. The van der Waals surface area contributed by atoms with E-state index in [2.05, 4.69) is 23.4 Å². The highest BCUT2D eigenvalue weighted by molar-refractivity contribution is 5.10. The predicted octanol–water partition coefficient (Wildman–Crippen LogP) is 0.881. The van der Waals surface area contributed by atoms with Crippen LogP contribution in [0.2, 0.25) is 0 Å². The van der Waals surface area contributed by atoms with Gasteiger partial charge < -0.3 is 4.74 Å². The highest BCUT2D eigenvalue weighted by Crippen LogP contribution is 2.23. The molecule has 0 saturated carbocycles. The Labute approximate surface area is 96.2 Å². The Kier molecular flexibility index (Phi) is 3.88. The summed E-state index contributed by atoms with van der Waals surface area (Å²) in [5, 5.41) is 0. The zero-order chi connectivity index (χ0) is 11.4. The van der Waals surface area contributed by atoms with Gasteiger partial charge in [0, 0.05) is 24.4 Å². The first-order valence-electron chi connectivity index (χ1n) is 5.76. The quantitative estimate of drug-likeness (QED) is 0.585. The van der Waals surface area contributed by atoms with Crippen molar-refractivity contribution in [3.05, 3.63) is 30.1 Å². The normalized spacial score (nSPS) is 26.9. The van der Waals surface area contributed by atoms with Gasteiger partial charge >= 0.3 is 0 Å². The molecule has 1 saturated heterocycles. The van der Waals surface area contributed by atoms with Crippen molar-refractivity contribution in [2.45, 2.75) is 31.9 Å². The maximum absolute atomic E-state index is 5.62. The number of hydrogen-bond donors (Lipinski definition) is 2. The Morgan fingerprint density at radius 2 is 2.56 bits per heavy atom. The topological polar surface area (TPSA) is 60.2 Å². The molecule has 0 aliphatic carbocycles. The highest BCUT2D eigenvalue weighted by atomic mass is 16.5. The number of nitrogens with one attached hydrogen (secondary N) is 1. The van der Waals surface area contributed by atoms with Crippen molar-refractivity contribution in [3.63, 3.8) is 0 Å². The van der Waals surface area contributed by atoms with Crippen molar-refractivity contribution < 1.29 is 4.74 Å². The Morgan fingerprint density at radius 1 is 1.69 bits per heavy atom. The first kappa shape index (κ1) is 11.5. The van der Waals surface area contributed by atoms with E-state index in [0.29, 0.717) is 12.0 Å². The first-order valence-corrected chi connectivity index (χ1v) is 5.76. The van der Waals surface area contributed by atoms with E-state index in [9.17, 15) is 0 Å². The van der Waals surface area contributed by atoms with Gasteiger partial charge in [0.1, 0.15) is 0 Å². The largest absolute Gasteiger partial charge is 0.378 e. The summed E-state index contributed by atoms with van der Waals surface area (Å²) in [6.07, 6.45) is 6.02. The van der Waals surface area contributed by atoms with Crippen LogP contribution in [-0.2, 0) is 11.2 Å². The molecule has 0 spiro atoms. The molecule has 0 amide bonds. The molecule has 3 unspecified atom stereocenters. The number of hydrogen-bond acceptors (Lipinski definition) is 4. The van der Waals surface area contributed by atoms with E-state index in [4.69, 9.17) is 10.6 Å². The molecule has 1 fully saturated rings. The third-order valence-corrected chi connectivity index (χ3v) is 3.19. The average Bonchev–Trinajstić information content (AvgIpc) is 2.74. The molecule has 2 heterocycles. The molecule has 16 heavy (non-hydrogen) atoms. The van der Waals surface area contributed by atoms with Gasteiger partial charge in [0.15, 0.2) is 0 Å². The van der Waals surface area contributed by atoms with Crippen LogP contribution in [0.3, 0.4) is 0 Å². The molecule has 3 atom stereocenters. The lowest BCUT2D eigenvalue weighted by Gasteiger charge is -2.21. The molecule has 0 radical (unpaired) electrons. The SMILES string of the molecule is CC1CC(C(Cc2cccnc2)NN)CO1. The van der Waals surface area contributed by atoms with E-state index in [-0.39, 0.29) is 6.04 Å². The molecule has 3 N–H and O–H groups in total. The Balaban J connectivity index is 1.96. The minimum atomic E-state index is 0.272. The summed E-state index contributed by atoms with van der Waals surface area (Å²) in [6.45, 7) is 2.91. The van der Waals surface area contributed by atoms with Crippen LogP contribution in [0.5, 0.6) is 0 Å². The summed E-state index contributed by atoms with van der Waals surface area (Å²) in [5.41, 5.74) is 4.12. The minimum Gasteiger partial charge on any atom is -0.378 e. The van der Waals surface area contributed by atoms with Crippen molar-refractivity contribution in [3.8, 4) is 0 Å². The second-order valence-electron chi connectivity index (χ2n) is 4.48. The fourth-order valence-electron chi connectivity index (χ4n) is 2.27. The van der Waals surface area contributed by atoms with Crippen molar-refractivity contribution in [2.24, 2.45) is 11.8 Å².